The molecule has 0 aromatic heterocycles. The van der Waals surface area contributed by atoms with Gasteiger partial charge in [0.15, 0.2) is 8.46 Å². The summed E-state index contributed by atoms with van der Waals surface area (Å²) in [6.07, 6.45) is 0.689. The molecule has 0 radical (unpaired) electrons. The van der Waals surface area contributed by atoms with Crippen LogP contribution in [0.4, 0.5) is 0 Å². The molecule has 0 atom stereocenters. The fourth-order valence-electron chi connectivity index (χ4n) is 0.285. The Kier molecular flexibility index (Phi) is 5.06. The third-order valence-corrected chi connectivity index (χ3v) is 1.03. The summed E-state index contributed by atoms with van der Waals surface area (Å²) < 4.78 is 9.79. The van der Waals surface area contributed by atoms with Gasteiger partial charge < -0.3 is 0 Å². The lowest BCUT2D eigenvalue weighted by molar-refractivity contribution is -0.111. The van der Waals surface area contributed by atoms with Gasteiger partial charge in [0.25, 0.3) is 0 Å². The van der Waals surface area contributed by atoms with Gasteiger partial charge in [-0.3, -0.25) is 9.36 Å². The molecule has 0 aliphatic heterocycles. The van der Waals surface area contributed by atoms with Crippen LogP contribution in [0.25, 0.3) is 0 Å². The van der Waals surface area contributed by atoms with Crippen molar-refractivity contribution in [3.63, 3.8) is 0 Å². The molecule has 0 saturated carbocycles. The van der Waals surface area contributed by atoms with Crippen LogP contribution in [0, 0.1) is 11.8 Å². The molecule has 0 aromatic carbocycles. The van der Waals surface area contributed by atoms with E-state index in [1.54, 1.807) is 0 Å². The molecule has 0 aliphatic carbocycles. The van der Waals surface area contributed by atoms with E-state index in [1.807, 2.05) is 6.92 Å². The summed E-state index contributed by atoms with van der Waals surface area (Å²) in [6, 6.07) is 0. The SMILES string of the molecule is CCC#CC(=O)CP=O. The molecule has 0 unspecified atom stereocenters. The molecule has 0 N–H and O–H groups in total. The number of ketones is 1. The van der Waals surface area contributed by atoms with Crippen LogP contribution in [0.15, 0.2) is 0 Å². The molecule has 0 aliphatic rings. The van der Waals surface area contributed by atoms with Crippen molar-refractivity contribution in [3.05, 3.63) is 0 Å². The summed E-state index contributed by atoms with van der Waals surface area (Å²) in [7, 11) is -0.147. The van der Waals surface area contributed by atoms with Gasteiger partial charge in [-0.25, -0.2) is 0 Å². The van der Waals surface area contributed by atoms with Crippen molar-refractivity contribution < 1.29 is 9.36 Å². The molecule has 0 bridgehead atoms. The Morgan fingerprint density at radius 2 is 2.33 bits per heavy atom. The second-order valence-electron chi connectivity index (χ2n) is 1.37. The Hall–Kier alpha value is -0.670. The minimum absolute atomic E-state index is 0.0208. The van der Waals surface area contributed by atoms with Gasteiger partial charge in [-0.05, 0) is 5.92 Å². The zero-order chi connectivity index (χ0) is 7.11. The fraction of sp³-hybridized carbons (Fsp3) is 0.500. The van der Waals surface area contributed by atoms with E-state index in [0.717, 1.165) is 0 Å². The summed E-state index contributed by atoms with van der Waals surface area (Å²) in [6.45, 7) is 1.86. The molecule has 3 heteroatoms. The number of Topliss-reactive ketones (excluding diaryl/α,β-unsaturated/α-hetero) is 1. The standard InChI is InChI=1S/C6H7O2P/c1-2-3-4-6(7)5-9-8/h2,5H2,1H3. The topological polar surface area (TPSA) is 34.1 Å². The maximum Gasteiger partial charge on any atom is 0.216 e. The first-order valence-corrected chi connectivity index (χ1v) is 3.61. The van der Waals surface area contributed by atoms with Gasteiger partial charge in [-0.1, -0.05) is 12.8 Å². The lowest BCUT2D eigenvalue weighted by Gasteiger charge is -1.74. The van der Waals surface area contributed by atoms with Crippen molar-refractivity contribution in [1.82, 2.24) is 0 Å². The molecular weight excluding hydrogens is 135 g/mol. The van der Waals surface area contributed by atoms with Gasteiger partial charge in [0.05, 0.1) is 6.16 Å². The van der Waals surface area contributed by atoms with E-state index in [-0.39, 0.29) is 20.4 Å². The minimum atomic E-state index is -0.256. The Labute approximate surface area is 55.8 Å². The molecule has 9 heavy (non-hydrogen) atoms. The quantitative estimate of drug-likeness (QED) is 0.330. The van der Waals surface area contributed by atoms with Gasteiger partial charge in [0.1, 0.15) is 0 Å². The maximum absolute atomic E-state index is 10.4. The summed E-state index contributed by atoms with van der Waals surface area (Å²) in [4.78, 5) is 10.4. The molecule has 0 spiro atoms. The van der Waals surface area contributed by atoms with Crippen molar-refractivity contribution in [1.29, 1.82) is 0 Å². The van der Waals surface area contributed by atoms with Crippen LogP contribution in [-0.2, 0) is 9.36 Å². The largest absolute Gasteiger partial charge is 0.284 e. The molecule has 48 valence electrons. The lowest BCUT2D eigenvalue weighted by atomic mass is 10.4. The number of carbonyl (C=O) groups excluding carboxylic acids is 1. The van der Waals surface area contributed by atoms with Crippen molar-refractivity contribution in [3.8, 4) is 11.8 Å². The average Bonchev–Trinajstić information content (AvgIpc) is 1.85. The maximum atomic E-state index is 10.4. The highest BCUT2D eigenvalue weighted by atomic mass is 31.1. The van der Waals surface area contributed by atoms with E-state index in [9.17, 15) is 9.36 Å². The minimum Gasteiger partial charge on any atom is -0.284 e. The third kappa shape index (κ3) is 5.20. The summed E-state index contributed by atoms with van der Waals surface area (Å²) in [5.41, 5.74) is 0. The van der Waals surface area contributed by atoms with Crippen LogP contribution in [0.1, 0.15) is 13.3 Å². The summed E-state index contributed by atoms with van der Waals surface area (Å²) >= 11 is 0. The van der Waals surface area contributed by atoms with Crippen LogP contribution in [0.3, 0.4) is 0 Å². The average molecular weight is 142 g/mol. The zero-order valence-corrected chi connectivity index (χ0v) is 6.07. The Balaban J connectivity index is 3.62. The van der Waals surface area contributed by atoms with Gasteiger partial charge in [-0.15, -0.1) is 0 Å². The molecule has 0 heterocycles. The number of hydrogen-bond acceptors (Lipinski definition) is 2. The molecule has 0 aromatic rings. The Morgan fingerprint density at radius 1 is 1.67 bits per heavy atom. The van der Waals surface area contributed by atoms with Crippen molar-refractivity contribution in [2.75, 3.05) is 6.16 Å². The summed E-state index contributed by atoms with van der Waals surface area (Å²) in [5, 5.41) is 0. The van der Waals surface area contributed by atoms with Crippen LogP contribution in [0.5, 0.6) is 0 Å². The molecule has 2 nitrogen and oxygen atoms in total. The number of hydrogen-bond donors (Lipinski definition) is 0. The normalized spacial score (nSPS) is 8.11. The monoisotopic (exact) mass is 142 g/mol. The smallest absolute Gasteiger partial charge is 0.216 e. The van der Waals surface area contributed by atoms with Crippen molar-refractivity contribution in [2.45, 2.75) is 13.3 Å². The first kappa shape index (κ1) is 8.33. The summed E-state index contributed by atoms with van der Waals surface area (Å²) in [5.74, 6) is 4.67. The molecule has 0 amide bonds. The van der Waals surface area contributed by atoms with Crippen LogP contribution in [-0.4, -0.2) is 11.9 Å². The van der Waals surface area contributed by atoms with Crippen LogP contribution >= 0.6 is 8.46 Å². The van der Waals surface area contributed by atoms with Gasteiger partial charge >= 0.3 is 0 Å². The van der Waals surface area contributed by atoms with Gasteiger partial charge in [-0.2, -0.15) is 0 Å². The van der Waals surface area contributed by atoms with Crippen LogP contribution in [0.2, 0.25) is 0 Å². The van der Waals surface area contributed by atoms with Crippen LogP contribution < -0.4 is 0 Å². The van der Waals surface area contributed by atoms with Crippen molar-refractivity contribution in [2.24, 2.45) is 0 Å². The molecule has 0 saturated heterocycles. The second kappa shape index (κ2) is 5.47. The van der Waals surface area contributed by atoms with E-state index < -0.39 is 0 Å². The third-order valence-electron chi connectivity index (χ3n) is 0.613. The Bertz CT molecular complexity index is 164. The molecule has 0 fully saturated rings. The first-order chi connectivity index (χ1) is 4.31. The first-order valence-electron chi connectivity index (χ1n) is 2.62. The Morgan fingerprint density at radius 3 is 2.78 bits per heavy atom. The van der Waals surface area contributed by atoms with Crippen molar-refractivity contribution >= 4 is 14.2 Å². The lowest BCUT2D eigenvalue weighted by Crippen LogP contribution is -1.92. The van der Waals surface area contributed by atoms with E-state index >= 15 is 0 Å². The fourth-order valence-corrected chi connectivity index (χ4v) is 0.481. The molecular formula is C6H7O2P. The highest BCUT2D eigenvalue weighted by Gasteiger charge is 1.91. The van der Waals surface area contributed by atoms with E-state index in [4.69, 9.17) is 0 Å². The molecule has 0 rings (SSSR count). The predicted octanol–water partition coefficient (Wildman–Crippen LogP) is 1.26. The zero-order valence-electron chi connectivity index (χ0n) is 5.18. The van der Waals surface area contributed by atoms with E-state index in [1.165, 1.54) is 0 Å². The predicted molar refractivity (Wildman–Crippen MR) is 35.5 cm³/mol. The highest BCUT2D eigenvalue weighted by molar-refractivity contribution is 7.25. The van der Waals surface area contributed by atoms with E-state index in [0.29, 0.717) is 6.42 Å². The van der Waals surface area contributed by atoms with Gasteiger partial charge in [0, 0.05) is 6.42 Å². The number of rotatable bonds is 2. The highest BCUT2D eigenvalue weighted by Crippen LogP contribution is 1.89. The van der Waals surface area contributed by atoms with E-state index in [2.05, 4.69) is 11.8 Å². The van der Waals surface area contributed by atoms with Gasteiger partial charge in [0.2, 0.25) is 5.78 Å². The number of carbonyl (C=O) groups is 1. The second-order valence-corrected chi connectivity index (χ2v) is 1.94.